The largest absolute Gasteiger partial charge is 0.507 e. The van der Waals surface area contributed by atoms with Gasteiger partial charge in [-0.3, -0.25) is 9.69 Å². The summed E-state index contributed by atoms with van der Waals surface area (Å²) in [5.41, 5.74) is 7.71. The van der Waals surface area contributed by atoms with Gasteiger partial charge in [0, 0.05) is 23.0 Å². The van der Waals surface area contributed by atoms with Crippen molar-refractivity contribution < 1.29 is 43.9 Å². The summed E-state index contributed by atoms with van der Waals surface area (Å²) in [5, 5.41) is 29.5. The molecule has 0 saturated carbocycles. The first-order valence-electron chi connectivity index (χ1n) is 21.7. The van der Waals surface area contributed by atoms with Crippen molar-refractivity contribution in [3.05, 3.63) is 94.1 Å². The Hall–Kier alpha value is -4.51. The average Bonchev–Trinajstić information content (AvgIpc) is 3.17. The number of hydrogen-bond acceptors (Lipinski definition) is 10. The number of aliphatic hydroxyl groups excluding tert-OH is 2. The highest BCUT2D eigenvalue weighted by atomic mass is 16.6. The number of benzene rings is 2. The predicted molar refractivity (Wildman–Crippen MR) is 239 cm³/mol. The number of rotatable bonds is 19. The number of allylic oxidation sites excluding steroid dienone is 6. The van der Waals surface area contributed by atoms with Gasteiger partial charge in [0.2, 0.25) is 0 Å². The van der Waals surface area contributed by atoms with E-state index in [9.17, 15) is 29.7 Å². The molecule has 2 aromatic rings. The van der Waals surface area contributed by atoms with E-state index in [0.717, 1.165) is 99.3 Å². The van der Waals surface area contributed by atoms with Gasteiger partial charge in [-0.2, -0.15) is 0 Å². The summed E-state index contributed by atoms with van der Waals surface area (Å²) in [5.74, 6) is -0.567. The van der Waals surface area contributed by atoms with Gasteiger partial charge in [0.1, 0.15) is 36.2 Å². The number of aryl methyl sites for hydroxylation is 2. The molecule has 3 N–H and O–H groups in total. The van der Waals surface area contributed by atoms with Gasteiger partial charge >= 0.3 is 17.9 Å². The van der Waals surface area contributed by atoms with Crippen molar-refractivity contribution in [2.45, 2.75) is 130 Å². The molecule has 2 aliphatic rings. The highest BCUT2D eigenvalue weighted by Crippen LogP contribution is 2.49. The lowest BCUT2D eigenvalue weighted by atomic mass is 9.73. The maximum Gasteiger partial charge on any atom is 0.337 e. The monoisotopic (exact) mass is 830 g/mol. The third kappa shape index (κ3) is 14.9. The van der Waals surface area contributed by atoms with Gasteiger partial charge in [0.15, 0.2) is 0 Å². The molecule has 4 atom stereocenters. The standard InChI is InChI=1S/C25H37NO3.C25H34O6/c1-7-8-9-10-19-14-22(27)25(23(15-19)29-24(28)16-26(5)6)21-13-18(4)11-12-20(21)17(2)3;1-5-6-7-8-18-12-21(30-23(28)14-26)25(22(13-18)31-24(29)15-27)20-11-17(4)9-10-19(20)16(2)3/h13-15,20-21,27H,2,7-12,16H2,1,3-6H3;11-13,19-20,26-27H,2,5-10,14-15H2,1,3-4H3. The molecule has 0 fully saturated rings. The number of aromatic hydroxyl groups is 1. The smallest absolute Gasteiger partial charge is 0.337 e. The zero-order valence-corrected chi connectivity index (χ0v) is 37.5. The van der Waals surface area contributed by atoms with Gasteiger partial charge in [-0.25, -0.2) is 9.59 Å². The normalized spacial score (nSPS) is 18.7. The molecule has 4 rings (SSSR count). The van der Waals surface area contributed by atoms with Crippen LogP contribution < -0.4 is 14.2 Å². The molecular weight excluding hydrogens is 759 g/mol. The topological polar surface area (TPSA) is 143 Å². The summed E-state index contributed by atoms with van der Waals surface area (Å²) in [7, 11) is 3.68. The molecule has 0 amide bonds. The molecule has 0 heterocycles. The fourth-order valence-electron chi connectivity index (χ4n) is 8.22. The third-order valence-corrected chi connectivity index (χ3v) is 11.3. The second-order valence-corrected chi connectivity index (χ2v) is 17.0. The van der Waals surface area contributed by atoms with E-state index in [4.69, 9.17) is 14.2 Å². The predicted octanol–water partition coefficient (Wildman–Crippen LogP) is 9.84. The van der Waals surface area contributed by atoms with E-state index < -0.39 is 25.2 Å². The first-order valence-corrected chi connectivity index (χ1v) is 21.7. The van der Waals surface area contributed by atoms with E-state index in [1.807, 2.05) is 47.0 Å². The van der Waals surface area contributed by atoms with Gasteiger partial charge in [-0.1, -0.05) is 87.1 Å². The zero-order valence-electron chi connectivity index (χ0n) is 37.5. The Morgan fingerprint density at radius 2 is 1.07 bits per heavy atom. The third-order valence-electron chi connectivity index (χ3n) is 11.3. The Balaban J connectivity index is 0.000000321. The maximum absolute atomic E-state index is 12.4. The van der Waals surface area contributed by atoms with E-state index in [1.165, 1.54) is 11.1 Å². The molecule has 2 aliphatic carbocycles. The quantitative estimate of drug-likeness (QED) is 0.0542. The van der Waals surface area contributed by atoms with Gasteiger partial charge in [0.25, 0.3) is 0 Å². The Morgan fingerprint density at radius 1 is 0.667 bits per heavy atom. The van der Waals surface area contributed by atoms with Crippen LogP contribution in [0, 0.1) is 11.8 Å². The number of likely N-dealkylation sites (N-methyl/N-ethyl adjacent to an activating group) is 1. The number of hydrogen-bond donors (Lipinski definition) is 3. The van der Waals surface area contributed by atoms with Crippen LogP contribution in [0.4, 0.5) is 0 Å². The summed E-state index contributed by atoms with van der Waals surface area (Å²) in [4.78, 5) is 38.2. The lowest BCUT2D eigenvalue weighted by Crippen LogP contribution is -2.26. The fourth-order valence-corrected chi connectivity index (χ4v) is 8.22. The van der Waals surface area contributed by atoms with Crippen LogP contribution in [0.25, 0.3) is 0 Å². The van der Waals surface area contributed by atoms with Crippen molar-refractivity contribution in [1.82, 2.24) is 4.90 Å². The van der Waals surface area contributed by atoms with Crippen LogP contribution in [0.1, 0.15) is 140 Å². The van der Waals surface area contributed by atoms with Crippen molar-refractivity contribution in [2.75, 3.05) is 33.9 Å². The van der Waals surface area contributed by atoms with Crippen molar-refractivity contribution in [2.24, 2.45) is 11.8 Å². The highest BCUT2D eigenvalue weighted by Gasteiger charge is 2.33. The number of esters is 3. The van der Waals surface area contributed by atoms with Crippen LogP contribution in [-0.4, -0.2) is 72.0 Å². The highest BCUT2D eigenvalue weighted by molar-refractivity contribution is 5.77. The number of ether oxygens (including phenoxy) is 3. The molecular formula is C50H71NO9. The second-order valence-electron chi connectivity index (χ2n) is 17.0. The van der Waals surface area contributed by atoms with Crippen molar-refractivity contribution in [3.63, 3.8) is 0 Å². The van der Waals surface area contributed by atoms with Crippen LogP contribution in [0.3, 0.4) is 0 Å². The molecule has 0 saturated heterocycles. The SMILES string of the molecule is C=C(C)C1CCC(C)=CC1c1c(O)cc(CCCCC)cc1OC(=O)CN(C)C.C=C(C)C1CCC(C)=CC1c1c(OC(=O)CO)cc(CCCCC)cc1OC(=O)CO. The molecule has 0 aromatic heterocycles. The number of carbonyl (C=O) groups excluding carboxylic acids is 3. The van der Waals surface area contributed by atoms with E-state index in [2.05, 4.69) is 46.1 Å². The molecule has 0 radical (unpaired) electrons. The van der Waals surface area contributed by atoms with Gasteiger partial charge in [-0.05, 0) is 140 Å². The van der Waals surface area contributed by atoms with Crippen LogP contribution in [0.15, 0.2) is 71.9 Å². The fraction of sp³-hybridized carbons (Fsp3) is 0.540. The van der Waals surface area contributed by atoms with E-state index in [1.54, 1.807) is 17.0 Å². The van der Waals surface area contributed by atoms with Crippen LogP contribution >= 0.6 is 0 Å². The molecule has 0 bridgehead atoms. The van der Waals surface area contributed by atoms with E-state index >= 15 is 0 Å². The first kappa shape index (κ1) is 49.8. The maximum atomic E-state index is 12.4. The Kier molecular flexibility index (Phi) is 20.5. The summed E-state index contributed by atoms with van der Waals surface area (Å²) < 4.78 is 16.8. The summed E-state index contributed by atoms with van der Waals surface area (Å²) >= 11 is 0. The van der Waals surface area contributed by atoms with Crippen LogP contribution in [0.2, 0.25) is 0 Å². The minimum absolute atomic E-state index is 0.0342. The molecule has 0 aliphatic heterocycles. The van der Waals surface area contributed by atoms with Gasteiger partial charge in [0.05, 0.1) is 6.54 Å². The molecule has 4 unspecified atom stereocenters. The molecule has 10 nitrogen and oxygen atoms in total. The molecule has 60 heavy (non-hydrogen) atoms. The van der Waals surface area contributed by atoms with Crippen LogP contribution in [0.5, 0.6) is 23.0 Å². The Labute approximate surface area is 359 Å². The van der Waals surface area contributed by atoms with Gasteiger partial charge < -0.3 is 29.5 Å². The first-order chi connectivity index (χ1) is 28.5. The zero-order chi connectivity index (χ0) is 44.5. The minimum Gasteiger partial charge on any atom is -0.507 e. The molecule has 0 spiro atoms. The number of phenolic OH excluding ortho intramolecular Hbond substituents is 1. The van der Waals surface area contributed by atoms with Crippen molar-refractivity contribution >= 4 is 17.9 Å². The lowest BCUT2D eigenvalue weighted by molar-refractivity contribution is -0.137. The Bertz CT molecular complexity index is 1830. The minimum atomic E-state index is -0.783. The molecule has 2 aromatic carbocycles. The number of phenols is 1. The molecule has 330 valence electrons. The van der Waals surface area contributed by atoms with E-state index in [0.29, 0.717) is 16.9 Å². The number of nitrogens with zero attached hydrogens (tertiary/aromatic N) is 1. The number of unbranched alkanes of at least 4 members (excludes halogenated alkanes) is 4. The van der Waals surface area contributed by atoms with Gasteiger partial charge in [-0.15, -0.1) is 0 Å². The van der Waals surface area contributed by atoms with Crippen LogP contribution in [-0.2, 0) is 27.2 Å². The average molecular weight is 830 g/mol. The number of aliphatic hydroxyl groups is 2. The Morgan fingerprint density at radius 3 is 1.47 bits per heavy atom. The van der Waals surface area contributed by atoms with Crippen molar-refractivity contribution in [1.29, 1.82) is 0 Å². The van der Waals surface area contributed by atoms with E-state index in [-0.39, 0.29) is 53.4 Å². The van der Waals surface area contributed by atoms with Crippen molar-refractivity contribution in [3.8, 4) is 23.0 Å². The number of carbonyl (C=O) groups is 3. The summed E-state index contributed by atoms with van der Waals surface area (Å²) in [6.45, 7) is 19.5. The lowest BCUT2D eigenvalue weighted by Gasteiger charge is -2.32. The molecule has 10 heteroatoms. The summed E-state index contributed by atoms with van der Waals surface area (Å²) in [6, 6.07) is 7.39. The summed E-state index contributed by atoms with van der Waals surface area (Å²) in [6.07, 6.45) is 16.1. The second kappa shape index (κ2) is 24.7.